The molecular formula is C12H10BrNO2S. The summed E-state index contributed by atoms with van der Waals surface area (Å²) >= 11 is 3.22. The summed E-state index contributed by atoms with van der Waals surface area (Å²) in [5.41, 5.74) is 0.622. The molecule has 5 heteroatoms. The summed E-state index contributed by atoms with van der Waals surface area (Å²) in [6, 6.07) is 11.8. The van der Waals surface area contributed by atoms with Crippen molar-refractivity contribution in [2.45, 2.75) is 9.05 Å². The maximum Gasteiger partial charge on any atom is 0.195 e. The van der Waals surface area contributed by atoms with Gasteiger partial charge in [-0.05, 0) is 23.8 Å². The van der Waals surface area contributed by atoms with Crippen molar-refractivity contribution in [3.05, 3.63) is 60.4 Å². The molecule has 0 N–H and O–H groups in total. The van der Waals surface area contributed by atoms with Crippen molar-refractivity contribution in [2.75, 3.05) is 0 Å². The van der Waals surface area contributed by atoms with Crippen LogP contribution in [0.1, 0.15) is 9.72 Å². The van der Waals surface area contributed by atoms with E-state index in [2.05, 4.69) is 20.9 Å². The smallest absolute Gasteiger partial charge is 0.195 e. The van der Waals surface area contributed by atoms with Gasteiger partial charge >= 0.3 is 0 Å². The highest BCUT2D eigenvalue weighted by Gasteiger charge is 2.26. The van der Waals surface area contributed by atoms with Crippen LogP contribution in [0.15, 0.2) is 59.8 Å². The number of hydrogen-bond donors (Lipinski definition) is 0. The van der Waals surface area contributed by atoms with Gasteiger partial charge in [0, 0.05) is 12.4 Å². The van der Waals surface area contributed by atoms with Crippen LogP contribution in [0, 0.1) is 0 Å². The van der Waals surface area contributed by atoms with E-state index in [1.165, 1.54) is 0 Å². The summed E-state index contributed by atoms with van der Waals surface area (Å²) in [5.74, 6) is 0. The van der Waals surface area contributed by atoms with Crippen LogP contribution in [0.2, 0.25) is 0 Å². The van der Waals surface area contributed by atoms with E-state index in [0.29, 0.717) is 10.5 Å². The van der Waals surface area contributed by atoms with Crippen LogP contribution >= 0.6 is 15.9 Å². The van der Waals surface area contributed by atoms with Gasteiger partial charge in [0.2, 0.25) is 0 Å². The molecule has 0 aliphatic carbocycles. The molecule has 0 fully saturated rings. The molecule has 0 aliphatic heterocycles. The number of pyridine rings is 1. The highest BCUT2D eigenvalue weighted by molar-refractivity contribution is 9.10. The van der Waals surface area contributed by atoms with Gasteiger partial charge in [-0.1, -0.05) is 40.2 Å². The molecule has 0 radical (unpaired) electrons. The first-order valence-corrected chi connectivity index (χ1v) is 7.41. The Morgan fingerprint density at radius 1 is 1.06 bits per heavy atom. The average molecular weight is 312 g/mol. The fourth-order valence-corrected chi connectivity index (χ4v) is 3.61. The van der Waals surface area contributed by atoms with E-state index < -0.39 is 14.0 Å². The van der Waals surface area contributed by atoms with Crippen LogP contribution in [-0.4, -0.2) is 13.4 Å². The predicted molar refractivity (Wildman–Crippen MR) is 69.5 cm³/mol. The van der Waals surface area contributed by atoms with Gasteiger partial charge in [0.25, 0.3) is 0 Å². The zero-order valence-electron chi connectivity index (χ0n) is 8.82. The molecule has 1 aromatic carbocycles. The van der Waals surface area contributed by atoms with Gasteiger partial charge in [-0.2, -0.15) is 0 Å². The molecule has 1 unspecified atom stereocenters. The standard InChI is InChI=1S/C12H10BrNO2S/c13-12(10-5-4-8-14-9-10)17(15,16)11-6-2-1-3-7-11/h1-9,12H. The lowest BCUT2D eigenvalue weighted by Gasteiger charge is -2.11. The SMILES string of the molecule is O=S(=O)(c1ccccc1)C(Br)c1cccnc1. The first kappa shape index (κ1) is 12.3. The molecule has 1 atom stereocenters. The highest BCUT2D eigenvalue weighted by atomic mass is 79.9. The maximum atomic E-state index is 12.3. The fraction of sp³-hybridized carbons (Fsp3) is 0.0833. The number of alkyl halides is 1. The summed E-state index contributed by atoms with van der Waals surface area (Å²) in [6.45, 7) is 0. The van der Waals surface area contributed by atoms with Crippen molar-refractivity contribution in [1.82, 2.24) is 4.98 Å². The van der Waals surface area contributed by atoms with Crippen LogP contribution < -0.4 is 0 Å². The van der Waals surface area contributed by atoms with Crippen LogP contribution in [-0.2, 0) is 9.84 Å². The van der Waals surface area contributed by atoms with E-state index in [-0.39, 0.29) is 0 Å². The monoisotopic (exact) mass is 311 g/mol. The Hall–Kier alpha value is -1.20. The number of hydrogen-bond acceptors (Lipinski definition) is 3. The average Bonchev–Trinajstić information content (AvgIpc) is 2.40. The van der Waals surface area contributed by atoms with E-state index in [1.54, 1.807) is 54.9 Å². The summed E-state index contributed by atoms with van der Waals surface area (Å²) in [6.07, 6.45) is 3.15. The molecular weight excluding hydrogens is 302 g/mol. The quantitative estimate of drug-likeness (QED) is 0.819. The molecule has 0 amide bonds. The van der Waals surface area contributed by atoms with Crippen LogP contribution in [0.5, 0.6) is 0 Å². The maximum absolute atomic E-state index is 12.3. The van der Waals surface area contributed by atoms with Gasteiger partial charge in [-0.15, -0.1) is 0 Å². The number of aromatic nitrogens is 1. The lowest BCUT2D eigenvalue weighted by Crippen LogP contribution is -2.08. The van der Waals surface area contributed by atoms with Crippen LogP contribution in [0.3, 0.4) is 0 Å². The Kier molecular flexibility index (Phi) is 3.59. The third-order valence-electron chi connectivity index (χ3n) is 2.29. The topological polar surface area (TPSA) is 47.0 Å². The second kappa shape index (κ2) is 4.98. The minimum Gasteiger partial charge on any atom is -0.264 e. The molecule has 1 heterocycles. The highest BCUT2D eigenvalue weighted by Crippen LogP contribution is 2.33. The normalized spacial score (nSPS) is 13.2. The van der Waals surface area contributed by atoms with Crippen LogP contribution in [0.4, 0.5) is 0 Å². The molecule has 3 nitrogen and oxygen atoms in total. The third-order valence-corrected chi connectivity index (χ3v) is 6.04. The van der Waals surface area contributed by atoms with Gasteiger partial charge in [0.05, 0.1) is 4.90 Å². The van der Waals surface area contributed by atoms with E-state index >= 15 is 0 Å². The van der Waals surface area contributed by atoms with Gasteiger partial charge < -0.3 is 0 Å². The van der Waals surface area contributed by atoms with Crippen molar-refractivity contribution < 1.29 is 8.42 Å². The van der Waals surface area contributed by atoms with Crippen molar-refractivity contribution >= 4 is 25.8 Å². The lowest BCUT2D eigenvalue weighted by molar-refractivity contribution is 0.595. The number of benzene rings is 1. The van der Waals surface area contributed by atoms with Crippen molar-refractivity contribution in [3.8, 4) is 0 Å². The molecule has 17 heavy (non-hydrogen) atoms. The fourth-order valence-electron chi connectivity index (χ4n) is 1.42. The first-order chi connectivity index (χ1) is 8.12. The molecule has 0 bridgehead atoms. The molecule has 0 saturated heterocycles. The largest absolute Gasteiger partial charge is 0.264 e. The van der Waals surface area contributed by atoms with Crippen molar-refractivity contribution in [1.29, 1.82) is 0 Å². The lowest BCUT2D eigenvalue weighted by atomic mass is 10.3. The van der Waals surface area contributed by atoms with Gasteiger partial charge in [0.15, 0.2) is 9.84 Å². The van der Waals surface area contributed by atoms with Crippen LogP contribution in [0.25, 0.3) is 0 Å². The summed E-state index contributed by atoms with van der Waals surface area (Å²) in [7, 11) is -3.42. The third kappa shape index (κ3) is 2.56. The van der Waals surface area contributed by atoms with Gasteiger partial charge in [0.1, 0.15) is 4.16 Å². The molecule has 2 rings (SSSR count). The van der Waals surface area contributed by atoms with E-state index in [4.69, 9.17) is 0 Å². The van der Waals surface area contributed by atoms with E-state index in [1.807, 2.05) is 0 Å². The summed E-state index contributed by atoms with van der Waals surface area (Å²) in [5, 5.41) is 0. The summed E-state index contributed by atoms with van der Waals surface area (Å²) < 4.78 is 23.7. The first-order valence-electron chi connectivity index (χ1n) is 4.95. The second-order valence-electron chi connectivity index (χ2n) is 3.46. The second-order valence-corrected chi connectivity index (χ2v) is 7.02. The molecule has 0 aliphatic rings. The molecule has 88 valence electrons. The zero-order valence-corrected chi connectivity index (χ0v) is 11.2. The van der Waals surface area contributed by atoms with Gasteiger partial charge in [-0.3, -0.25) is 4.98 Å². The Balaban J connectivity index is 2.41. The molecule has 2 aromatic rings. The Morgan fingerprint density at radius 2 is 1.76 bits per heavy atom. The van der Waals surface area contributed by atoms with Crippen molar-refractivity contribution in [3.63, 3.8) is 0 Å². The number of halogens is 1. The Bertz CT molecular complexity index is 584. The molecule has 0 saturated carbocycles. The summed E-state index contributed by atoms with van der Waals surface area (Å²) in [4.78, 5) is 4.22. The van der Waals surface area contributed by atoms with Crippen molar-refractivity contribution in [2.24, 2.45) is 0 Å². The van der Waals surface area contributed by atoms with Gasteiger partial charge in [-0.25, -0.2) is 8.42 Å². The number of nitrogens with zero attached hydrogens (tertiary/aromatic N) is 1. The number of rotatable bonds is 3. The predicted octanol–water partition coefficient (Wildman–Crippen LogP) is 2.95. The minimum absolute atomic E-state index is 0.297. The van der Waals surface area contributed by atoms with E-state index in [0.717, 1.165) is 0 Å². The molecule has 1 aromatic heterocycles. The van der Waals surface area contributed by atoms with E-state index in [9.17, 15) is 8.42 Å². The number of sulfone groups is 1. The Labute approximate surface area is 109 Å². The minimum atomic E-state index is -3.42. The molecule has 0 spiro atoms. The Morgan fingerprint density at radius 3 is 2.35 bits per heavy atom. The zero-order chi connectivity index (χ0) is 12.3.